The van der Waals surface area contributed by atoms with Crippen LogP contribution in [0.25, 0.3) is 0 Å². The van der Waals surface area contributed by atoms with Gasteiger partial charge in [-0.3, -0.25) is 14.7 Å². The Bertz CT molecular complexity index is 335. The number of amidine groups is 1. The first-order chi connectivity index (χ1) is 6.60. The number of aliphatic imine (C=N–C) groups is 1. The molecule has 0 spiro atoms. The number of ether oxygens (including phenoxy) is 1. The Morgan fingerprint density at radius 2 is 2.29 bits per heavy atom. The zero-order valence-electron chi connectivity index (χ0n) is 8.10. The first-order valence-electron chi connectivity index (χ1n) is 3.82. The minimum Gasteiger partial charge on any atom is -0.466 e. The first-order valence-corrected chi connectivity index (χ1v) is 4.64. The molecule has 0 radical (unpaired) electrons. The summed E-state index contributed by atoms with van der Waals surface area (Å²) < 4.78 is 4.43. The van der Waals surface area contributed by atoms with Crippen LogP contribution in [0, 0.1) is 0 Å². The van der Waals surface area contributed by atoms with Gasteiger partial charge >= 0.3 is 5.97 Å². The molecule has 1 rings (SSSR count). The van der Waals surface area contributed by atoms with Crippen LogP contribution in [0.3, 0.4) is 0 Å². The third-order valence-electron chi connectivity index (χ3n) is 1.65. The van der Waals surface area contributed by atoms with Crippen molar-refractivity contribution in [1.29, 1.82) is 0 Å². The molecule has 0 unspecified atom stereocenters. The van der Waals surface area contributed by atoms with E-state index in [0.29, 0.717) is 10.1 Å². The van der Waals surface area contributed by atoms with Gasteiger partial charge in [0.05, 0.1) is 12.0 Å². The van der Waals surface area contributed by atoms with E-state index in [4.69, 9.17) is 0 Å². The zero-order valence-corrected chi connectivity index (χ0v) is 8.92. The molecule has 0 N–H and O–H groups in total. The van der Waals surface area contributed by atoms with E-state index in [1.807, 2.05) is 0 Å². The average Bonchev–Trinajstić information content (AvgIpc) is 2.45. The number of methoxy groups -OCH3 is 1. The van der Waals surface area contributed by atoms with Crippen molar-refractivity contribution in [2.75, 3.05) is 21.2 Å². The summed E-state index contributed by atoms with van der Waals surface area (Å²) in [5.74, 6) is -0.771. The maximum absolute atomic E-state index is 11.5. The molecule has 0 bridgehead atoms. The van der Waals surface area contributed by atoms with Crippen LogP contribution < -0.4 is 0 Å². The maximum Gasteiger partial charge on any atom is 0.331 e. The van der Waals surface area contributed by atoms with Crippen LogP contribution in [-0.4, -0.2) is 43.1 Å². The lowest BCUT2D eigenvalue weighted by molar-refractivity contribution is -0.135. The van der Waals surface area contributed by atoms with Crippen LogP contribution in [0.1, 0.15) is 0 Å². The van der Waals surface area contributed by atoms with Gasteiger partial charge in [-0.25, -0.2) is 4.79 Å². The molecule has 5 nitrogen and oxygen atoms in total. The molecule has 1 saturated heterocycles. The van der Waals surface area contributed by atoms with Gasteiger partial charge in [0.15, 0.2) is 5.17 Å². The molecular formula is C8H10N2O3S. The number of hydrogen-bond donors (Lipinski definition) is 0. The molecule has 0 aromatic heterocycles. The molecule has 0 saturated carbocycles. The van der Waals surface area contributed by atoms with Crippen molar-refractivity contribution in [2.24, 2.45) is 4.99 Å². The Morgan fingerprint density at radius 1 is 1.64 bits per heavy atom. The summed E-state index contributed by atoms with van der Waals surface area (Å²) in [6, 6.07) is 0. The van der Waals surface area contributed by atoms with Crippen LogP contribution >= 0.6 is 11.8 Å². The summed E-state index contributed by atoms with van der Waals surface area (Å²) in [4.78, 5) is 28.0. The predicted molar refractivity (Wildman–Crippen MR) is 53.8 cm³/mol. The van der Waals surface area contributed by atoms with Gasteiger partial charge in [0.1, 0.15) is 0 Å². The Labute approximate surface area is 85.8 Å². The Balaban J connectivity index is 2.91. The second-order valence-electron chi connectivity index (χ2n) is 2.50. The number of rotatable bonds is 1. The molecule has 1 amide bonds. The Kier molecular flexibility index (Phi) is 3.29. The minimum absolute atomic E-state index is 0.235. The molecule has 14 heavy (non-hydrogen) atoms. The number of carbonyl (C=O) groups is 2. The van der Waals surface area contributed by atoms with Crippen molar-refractivity contribution in [3.05, 3.63) is 11.0 Å². The lowest BCUT2D eigenvalue weighted by Crippen LogP contribution is -2.23. The number of hydrogen-bond acceptors (Lipinski definition) is 5. The van der Waals surface area contributed by atoms with E-state index in [1.54, 1.807) is 14.1 Å². The SMILES string of the molecule is CN=C1S/C(=C\C(=O)OC)C(=O)N1C. The molecule has 1 fully saturated rings. The molecule has 1 aliphatic rings. The molecule has 0 aromatic carbocycles. The number of amides is 1. The van der Waals surface area contributed by atoms with Gasteiger partial charge in [-0.1, -0.05) is 0 Å². The quantitative estimate of drug-likeness (QED) is 0.463. The van der Waals surface area contributed by atoms with Crippen LogP contribution in [0.4, 0.5) is 0 Å². The van der Waals surface area contributed by atoms with Gasteiger partial charge in [-0.15, -0.1) is 0 Å². The van der Waals surface area contributed by atoms with Gasteiger partial charge in [-0.2, -0.15) is 0 Å². The summed E-state index contributed by atoms with van der Waals surface area (Å²) >= 11 is 1.16. The van der Waals surface area contributed by atoms with E-state index in [9.17, 15) is 9.59 Å². The van der Waals surface area contributed by atoms with E-state index in [0.717, 1.165) is 11.8 Å². The second-order valence-corrected chi connectivity index (χ2v) is 3.51. The van der Waals surface area contributed by atoms with E-state index < -0.39 is 5.97 Å². The van der Waals surface area contributed by atoms with Crippen molar-refractivity contribution >= 4 is 28.8 Å². The van der Waals surface area contributed by atoms with E-state index in [-0.39, 0.29) is 5.91 Å². The number of nitrogens with zero attached hydrogens (tertiary/aromatic N) is 2. The minimum atomic E-state index is -0.536. The monoisotopic (exact) mass is 214 g/mol. The number of likely N-dealkylation sites (N-methyl/N-ethyl adjacent to an activating group) is 1. The van der Waals surface area contributed by atoms with Gasteiger partial charge in [0.25, 0.3) is 5.91 Å². The normalized spacial score (nSPS) is 22.2. The van der Waals surface area contributed by atoms with Crippen LogP contribution in [0.15, 0.2) is 16.0 Å². The summed E-state index contributed by atoms with van der Waals surface area (Å²) in [6.07, 6.45) is 1.17. The molecule has 0 aliphatic carbocycles. The van der Waals surface area contributed by atoms with Gasteiger partial charge in [0, 0.05) is 20.2 Å². The van der Waals surface area contributed by atoms with E-state index in [2.05, 4.69) is 9.73 Å². The number of carbonyl (C=O) groups excluding carboxylic acids is 2. The Hall–Kier alpha value is -1.30. The summed E-state index contributed by atoms with van der Waals surface area (Å²) in [5, 5.41) is 0.574. The van der Waals surface area contributed by atoms with Crippen LogP contribution in [0.5, 0.6) is 0 Å². The second kappa shape index (κ2) is 4.28. The van der Waals surface area contributed by atoms with Crippen molar-refractivity contribution in [3.63, 3.8) is 0 Å². The molecule has 76 valence electrons. The third kappa shape index (κ3) is 1.95. The lowest BCUT2D eigenvalue weighted by atomic mass is 10.4. The van der Waals surface area contributed by atoms with E-state index in [1.165, 1.54) is 18.1 Å². The highest BCUT2D eigenvalue weighted by atomic mass is 32.2. The molecule has 1 aliphatic heterocycles. The summed E-state index contributed by atoms with van der Waals surface area (Å²) in [5.41, 5.74) is 0. The van der Waals surface area contributed by atoms with Gasteiger partial charge < -0.3 is 4.74 Å². The fourth-order valence-electron chi connectivity index (χ4n) is 0.915. The predicted octanol–water partition coefficient (Wildman–Crippen LogP) is 0.234. The number of esters is 1. The van der Waals surface area contributed by atoms with E-state index >= 15 is 0 Å². The zero-order chi connectivity index (χ0) is 10.7. The van der Waals surface area contributed by atoms with Gasteiger partial charge in [0.2, 0.25) is 0 Å². The van der Waals surface area contributed by atoms with Crippen LogP contribution in [0.2, 0.25) is 0 Å². The van der Waals surface area contributed by atoms with Crippen molar-refractivity contribution < 1.29 is 14.3 Å². The fourth-order valence-corrected chi connectivity index (χ4v) is 1.80. The highest BCUT2D eigenvalue weighted by molar-refractivity contribution is 8.18. The molecule has 1 heterocycles. The molecule has 0 aromatic rings. The highest BCUT2D eigenvalue weighted by Crippen LogP contribution is 2.29. The average molecular weight is 214 g/mol. The summed E-state index contributed by atoms with van der Waals surface area (Å²) in [7, 11) is 4.46. The molecule has 6 heteroatoms. The largest absolute Gasteiger partial charge is 0.466 e. The van der Waals surface area contributed by atoms with Crippen molar-refractivity contribution in [3.8, 4) is 0 Å². The summed E-state index contributed by atoms with van der Waals surface area (Å²) in [6.45, 7) is 0. The fraction of sp³-hybridized carbons (Fsp3) is 0.375. The van der Waals surface area contributed by atoms with Crippen molar-refractivity contribution in [1.82, 2.24) is 4.90 Å². The number of thioether (sulfide) groups is 1. The smallest absolute Gasteiger partial charge is 0.331 e. The highest BCUT2D eigenvalue weighted by Gasteiger charge is 2.30. The Morgan fingerprint density at radius 3 is 2.71 bits per heavy atom. The lowest BCUT2D eigenvalue weighted by Gasteiger charge is -2.04. The van der Waals surface area contributed by atoms with Gasteiger partial charge in [-0.05, 0) is 11.8 Å². The molecular weight excluding hydrogens is 204 g/mol. The van der Waals surface area contributed by atoms with Crippen molar-refractivity contribution in [2.45, 2.75) is 0 Å². The first kappa shape index (κ1) is 10.8. The maximum atomic E-state index is 11.5. The van der Waals surface area contributed by atoms with Crippen LogP contribution in [-0.2, 0) is 14.3 Å². The third-order valence-corrected chi connectivity index (χ3v) is 2.80. The topological polar surface area (TPSA) is 59.0 Å². The molecule has 0 atom stereocenters. The standard InChI is InChI=1S/C8H10N2O3S/c1-9-8-10(2)7(12)5(14-8)4-6(11)13-3/h4H,1-3H3/b5-4-,9-8?.